The summed E-state index contributed by atoms with van der Waals surface area (Å²) in [6.45, 7) is 1.73. The Balaban J connectivity index is 1.14. The van der Waals surface area contributed by atoms with E-state index in [1.165, 1.54) is 83.5 Å². The third-order valence-electron chi connectivity index (χ3n) is 12.3. The number of alkyl halides is 2. The lowest BCUT2D eigenvalue weighted by atomic mass is 9.61. The maximum Gasteiger partial charge on any atom is 0.306 e. The Morgan fingerprint density at radius 3 is 2.02 bits per heavy atom. The number of halogens is 2. The first-order chi connectivity index (χ1) is 19.4. The Hall–Kier alpha value is -0.0700. The lowest BCUT2D eigenvalue weighted by molar-refractivity contribution is -0.144. The van der Waals surface area contributed by atoms with E-state index < -0.39 is 5.97 Å². The van der Waals surface area contributed by atoms with Gasteiger partial charge in [0.1, 0.15) is 0 Å². The van der Waals surface area contributed by atoms with Gasteiger partial charge in [0.15, 0.2) is 0 Å². The van der Waals surface area contributed by atoms with Crippen LogP contribution < -0.4 is 0 Å². The third-order valence-corrected chi connectivity index (χ3v) is 13.2. The topological polar surface area (TPSA) is 53.0 Å². The first-order valence-electron chi connectivity index (χ1n) is 17.0. The summed E-state index contributed by atoms with van der Waals surface area (Å²) in [5, 5.41) is 10.3. The van der Waals surface area contributed by atoms with Crippen molar-refractivity contribution in [2.75, 3.05) is 20.2 Å². The quantitative estimate of drug-likeness (QED) is 0.281. The molecule has 6 unspecified atom stereocenters. The predicted molar refractivity (Wildman–Crippen MR) is 162 cm³/mol. The van der Waals surface area contributed by atoms with E-state index in [4.69, 9.17) is 27.9 Å². The molecule has 1 N–H and O–H groups in total. The van der Waals surface area contributed by atoms with Gasteiger partial charge in [-0.15, -0.1) is 23.2 Å². The van der Waals surface area contributed by atoms with E-state index in [-0.39, 0.29) is 12.0 Å². The number of nitrogens with zero attached hydrogens (tertiary/aromatic N) is 2. The highest BCUT2D eigenvalue weighted by Crippen LogP contribution is 2.52. The van der Waals surface area contributed by atoms with E-state index >= 15 is 0 Å². The van der Waals surface area contributed by atoms with Gasteiger partial charge in [-0.3, -0.25) is 14.6 Å². The standard InChI is InChI=1S/C33H54Cl2N2O3/c1-36-29-16-11-24(31(21-7-12-26(34)13-8-21)22-9-14-27(35)15-10-22)20-30(29)37(32(36)23-5-6-23)17-18-40-28-4-2-3-25(19-28)33(38)39/h21-32H,2-20H2,1H3,(H,38,39). The van der Waals surface area contributed by atoms with Gasteiger partial charge in [-0.2, -0.15) is 0 Å². The Morgan fingerprint density at radius 1 is 0.800 bits per heavy atom. The minimum Gasteiger partial charge on any atom is -0.481 e. The number of ether oxygens (including phenoxy) is 1. The van der Waals surface area contributed by atoms with Gasteiger partial charge in [0.2, 0.25) is 0 Å². The molecule has 6 fully saturated rings. The smallest absolute Gasteiger partial charge is 0.306 e. The van der Waals surface area contributed by atoms with Crippen molar-refractivity contribution >= 4 is 29.2 Å². The Bertz CT molecular complexity index is 820. The Kier molecular flexibility index (Phi) is 9.96. The van der Waals surface area contributed by atoms with Gasteiger partial charge < -0.3 is 9.84 Å². The van der Waals surface area contributed by atoms with Crippen molar-refractivity contribution in [1.29, 1.82) is 0 Å². The van der Waals surface area contributed by atoms with Crippen molar-refractivity contribution in [1.82, 2.24) is 9.80 Å². The van der Waals surface area contributed by atoms with Crippen LogP contribution in [0.15, 0.2) is 0 Å². The number of carboxylic acids is 1. The zero-order chi connectivity index (χ0) is 27.8. The van der Waals surface area contributed by atoms with Gasteiger partial charge >= 0.3 is 5.97 Å². The zero-order valence-corrected chi connectivity index (χ0v) is 26.3. The summed E-state index contributed by atoms with van der Waals surface area (Å²) in [7, 11) is 2.40. The van der Waals surface area contributed by atoms with E-state index in [1.807, 2.05) is 0 Å². The van der Waals surface area contributed by atoms with Crippen molar-refractivity contribution in [3.05, 3.63) is 0 Å². The van der Waals surface area contributed by atoms with E-state index in [2.05, 4.69) is 16.8 Å². The van der Waals surface area contributed by atoms with Crippen molar-refractivity contribution < 1.29 is 14.6 Å². The van der Waals surface area contributed by atoms with E-state index in [0.717, 1.165) is 62.0 Å². The van der Waals surface area contributed by atoms with Crippen molar-refractivity contribution in [2.45, 2.75) is 144 Å². The molecule has 0 aromatic rings. The van der Waals surface area contributed by atoms with Crippen LogP contribution in [-0.2, 0) is 9.53 Å². The van der Waals surface area contributed by atoms with Gasteiger partial charge in [0, 0.05) is 29.4 Å². The van der Waals surface area contributed by atoms with Crippen LogP contribution in [0.3, 0.4) is 0 Å². The number of rotatable bonds is 9. The first-order valence-corrected chi connectivity index (χ1v) is 17.9. The highest BCUT2D eigenvalue weighted by molar-refractivity contribution is 6.20. The molecular weight excluding hydrogens is 543 g/mol. The fourth-order valence-corrected chi connectivity index (χ4v) is 10.7. The molecule has 6 atom stereocenters. The number of hydrogen-bond acceptors (Lipinski definition) is 4. The lowest BCUT2D eigenvalue weighted by Gasteiger charge is -2.47. The molecule has 228 valence electrons. The number of likely N-dealkylation sites (N-methyl/N-ethyl adjacent to an activating group) is 1. The Labute approximate surface area is 253 Å². The van der Waals surface area contributed by atoms with Crippen LogP contribution in [0.1, 0.15) is 109 Å². The van der Waals surface area contributed by atoms with E-state index in [9.17, 15) is 9.90 Å². The van der Waals surface area contributed by atoms with Crippen molar-refractivity contribution in [3.8, 4) is 0 Å². The van der Waals surface area contributed by atoms with Crippen LogP contribution in [0, 0.1) is 35.5 Å². The van der Waals surface area contributed by atoms with Gasteiger partial charge in [-0.25, -0.2) is 0 Å². The average Bonchev–Trinajstić information content (AvgIpc) is 3.76. The molecular formula is C33H54Cl2N2O3. The van der Waals surface area contributed by atoms with Crippen LogP contribution in [-0.4, -0.2) is 76.2 Å². The summed E-state index contributed by atoms with van der Waals surface area (Å²) in [5.74, 6) is 3.29. The molecule has 0 spiro atoms. The van der Waals surface area contributed by atoms with Gasteiger partial charge in [0.25, 0.3) is 0 Å². The maximum absolute atomic E-state index is 11.6. The molecule has 0 amide bonds. The van der Waals surface area contributed by atoms with Crippen LogP contribution >= 0.6 is 23.2 Å². The SMILES string of the molecule is CN1C2CCC(C(C3CCC(Cl)CC3)C3CCC(Cl)CC3)CC2N(CCOC2CCCC(C(=O)O)C2)C1C1CC1. The van der Waals surface area contributed by atoms with Gasteiger partial charge in [-0.1, -0.05) is 6.42 Å². The summed E-state index contributed by atoms with van der Waals surface area (Å²) >= 11 is 13.2. The number of carboxylic acid groups (broad SMARTS) is 1. The van der Waals surface area contributed by atoms with Crippen LogP contribution in [0.5, 0.6) is 0 Å². The summed E-state index contributed by atoms with van der Waals surface area (Å²) in [6.07, 6.45) is 21.1. The Morgan fingerprint density at radius 2 is 1.43 bits per heavy atom. The van der Waals surface area contributed by atoms with Crippen LogP contribution in [0.25, 0.3) is 0 Å². The van der Waals surface area contributed by atoms with Gasteiger partial charge in [-0.05, 0) is 139 Å². The monoisotopic (exact) mass is 596 g/mol. The minimum absolute atomic E-state index is 0.114. The van der Waals surface area contributed by atoms with Crippen molar-refractivity contribution in [2.24, 2.45) is 35.5 Å². The summed E-state index contributed by atoms with van der Waals surface area (Å²) in [4.78, 5) is 17.2. The molecule has 7 heteroatoms. The van der Waals surface area contributed by atoms with Crippen LogP contribution in [0.2, 0.25) is 0 Å². The molecule has 0 aromatic carbocycles. The number of hydrogen-bond donors (Lipinski definition) is 1. The molecule has 1 aliphatic heterocycles. The van der Waals surface area contributed by atoms with Gasteiger partial charge in [0.05, 0.1) is 24.8 Å². The number of fused-ring (bicyclic) bond motifs is 1. The fourth-order valence-electron chi connectivity index (χ4n) is 10.2. The average molecular weight is 598 g/mol. The molecule has 6 rings (SSSR count). The molecule has 0 bridgehead atoms. The largest absolute Gasteiger partial charge is 0.481 e. The summed E-state index contributed by atoms with van der Waals surface area (Å²) in [5.41, 5.74) is 0. The number of aliphatic carboxylic acids is 1. The second-order valence-corrected chi connectivity index (χ2v) is 15.9. The van der Waals surface area contributed by atoms with Crippen molar-refractivity contribution in [3.63, 3.8) is 0 Å². The zero-order valence-electron chi connectivity index (χ0n) is 24.8. The second-order valence-electron chi connectivity index (χ2n) is 14.7. The molecule has 6 aliphatic rings. The maximum atomic E-state index is 11.6. The molecule has 0 radical (unpaired) electrons. The first kappa shape index (κ1) is 30.0. The molecule has 5 saturated carbocycles. The molecule has 5 aliphatic carbocycles. The highest BCUT2D eigenvalue weighted by atomic mass is 35.5. The number of carbonyl (C=O) groups is 1. The predicted octanol–water partition coefficient (Wildman–Crippen LogP) is 7.38. The minimum atomic E-state index is -0.645. The molecule has 0 aromatic heterocycles. The third kappa shape index (κ3) is 6.69. The molecule has 40 heavy (non-hydrogen) atoms. The second kappa shape index (κ2) is 13.3. The normalized spacial score (nSPS) is 44.3. The molecule has 1 heterocycles. The lowest BCUT2D eigenvalue weighted by Crippen LogP contribution is -2.47. The highest BCUT2D eigenvalue weighted by Gasteiger charge is 2.53. The van der Waals surface area contributed by atoms with E-state index in [0.29, 0.717) is 35.4 Å². The molecule has 1 saturated heterocycles. The molecule has 5 nitrogen and oxygen atoms in total. The van der Waals surface area contributed by atoms with Crippen LogP contribution in [0.4, 0.5) is 0 Å². The summed E-state index contributed by atoms with van der Waals surface area (Å²) in [6, 6.07) is 1.30. The fraction of sp³-hybridized carbons (Fsp3) is 0.970. The van der Waals surface area contributed by atoms with E-state index in [1.54, 1.807) is 0 Å². The summed E-state index contributed by atoms with van der Waals surface area (Å²) < 4.78 is 6.42.